The summed E-state index contributed by atoms with van der Waals surface area (Å²) in [5, 5.41) is 5.18. The molecule has 1 aliphatic heterocycles. The zero-order valence-corrected chi connectivity index (χ0v) is 14.8. The Hall–Kier alpha value is -3.38. The van der Waals surface area contributed by atoms with Crippen LogP contribution in [-0.2, 0) is 11.2 Å². The van der Waals surface area contributed by atoms with E-state index in [0.29, 0.717) is 13.0 Å². The van der Waals surface area contributed by atoms with Gasteiger partial charge in [0.1, 0.15) is 12.4 Å². The van der Waals surface area contributed by atoms with E-state index in [9.17, 15) is 4.79 Å². The van der Waals surface area contributed by atoms with Crippen LogP contribution in [0.4, 0.5) is 0 Å². The summed E-state index contributed by atoms with van der Waals surface area (Å²) in [5.74, 6) is 0.643. The molecule has 0 saturated heterocycles. The van der Waals surface area contributed by atoms with E-state index >= 15 is 0 Å². The summed E-state index contributed by atoms with van der Waals surface area (Å²) in [6, 6.07) is 15.4. The standard InChI is InChI=1S/C21H20N4O2/c22-18(10-16-12-23-19-7-3-2-6-17(16)19)21(26)25-24-11-14-9-15-5-1-4-8-20(15)27-13-14/h1-9,11-12,18,23H,10,13,22H2,(H,25,26)/p+1/b24-11-/t18-/m0/s1. The molecule has 0 aliphatic carbocycles. The van der Waals surface area contributed by atoms with Gasteiger partial charge in [0.2, 0.25) is 0 Å². The number of hydrogen-bond donors (Lipinski definition) is 3. The first-order valence-electron chi connectivity index (χ1n) is 8.84. The van der Waals surface area contributed by atoms with E-state index in [0.717, 1.165) is 33.4 Å². The van der Waals surface area contributed by atoms with Crippen LogP contribution in [0.1, 0.15) is 11.1 Å². The highest BCUT2D eigenvalue weighted by Gasteiger charge is 2.19. The average Bonchev–Trinajstić information content (AvgIpc) is 3.11. The molecule has 1 amide bonds. The molecule has 0 fully saturated rings. The van der Waals surface area contributed by atoms with Crippen molar-refractivity contribution in [2.75, 3.05) is 6.61 Å². The van der Waals surface area contributed by atoms with Crippen LogP contribution in [0.5, 0.6) is 5.75 Å². The lowest BCUT2D eigenvalue weighted by molar-refractivity contribution is -0.403. The van der Waals surface area contributed by atoms with Gasteiger partial charge in [0, 0.05) is 34.7 Å². The number of carbonyl (C=O) groups excluding carboxylic acids is 1. The van der Waals surface area contributed by atoms with Gasteiger partial charge in [0.05, 0.1) is 6.21 Å². The van der Waals surface area contributed by atoms with E-state index in [1.807, 2.05) is 60.8 Å². The number of nitrogens with one attached hydrogen (secondary N) is 2. The lowest BCUT2D eigenvalue weighted by Gasteiger charge is -2.15. The smallest absolute Gasteiger partial charge is 0.298 e. The predicted octanol–water partition coefficient (Wildman–Crippen LogP) is 1.90. The fourth-order valence-corrected chi connectivity index (χ4v) is 3.14. The monoisotopic (exact) mass is 361 g/mol. The third kappa shape index (κ3) is 3.75. The minimum atomic E-state index is -0.432. The summed E-state index contributed by atoms with van der Waals surface area (Å²) in [6.07, 6.45) is 6.10. The van der Waals surface area contributed by atoms with Gasteiger partial charge < -0.3 is 15.5 Å². The average molecular weight is 361 g/mol. The molecule has 4 rings (SSSR count). The molecule has 1 atom stereocenters. The van der Waals surface area contributed by atoms with Gasteiger partial charge in [-0.25, -0.2) is 5.43 Å². The first-order valence-corrected chi connectivity index (χ1v) is 8.84. The van der Waals surface area contributed by atoms with Crippen LogP contribution in [0.15, 0.2) is 65.4 Å². The molecular weight excluding hydrogens is 340 g/mol. The van der Waals surface area contributed by atoms with Gasteiger partial charge in [-0.2, -0.15) is 5.10 Å². The van der Waals surface area contributed by atoms with Crippen molar-refractivity contribution < 1.29 is 15.3 Å². The van der Waals surface area contributed by atoms with Crippen LogP contribution in [0.3, 0.4) is 0 Å². The third-order valence-electron chi connectivity index (χ3n) is 4.57. The quantitative estimate of drug-likeness (QED) is 0.478. The van der Waals surface area contributed by atoms with Crippen molar-refractivity contribution >= 4 is 29.1 Å². The molecule has 27 heavy (non-hydrogen) atoms. The van der Waals surface area contributed by atoms with Gasteiger partial charge >= 0.3 is 0 Å². The van der Waals surface area contributed by atoms with Crippen LogP contribution < -0.4 is 15.9 Å². The number of para-hydroxylation sites is 2. The lowest BCUT2D eigenvalue weighted by atomic mass is 10.1. The molecule has 136 valence electrons. The summed E-state index contributed by atoms with van der Waals surface area (Å²) in [6.45, 7) is 0.430. The van der Waals surface area contributed by atoms with Crippen molar-refractivity contribution in [1.29, 1.82) is 0 Å². The van der Waals surface area contributed by atoms with E-state index in [4.69, 9.17) is 4.74 Å². The molecule has 6 heteroatoms. The van der Waals surface area contributed by atoms with Crippen molar-refractivity contribution in [3.8, 4) is 5.75 Å². The number of carbonyl (C=O) groups is 1. The topological polar surface area (TPSA) is 94.1 Å². The van der Waals surface area contributed by atoms with Gasteiger partial charge in [0.25, 0.3) is 5.91 Å². The van der Waals surface area contributed by atoms with Crippen molar-refractivity contribution in [3.63, 3.8) is 0 Å². The molecule has 2 heterocycles. The Labute approximate surface area is 156 Å². The number of aromatic amines is 1. The number of benzene rings is 2. The Bertz CT molecular complexity index is 1040. The summed E-state index contributed by atoms with van der Waals surface area (Å²) in [5.41, 5.74) is 10.6. The molecule has 2 aromatic carbocycles. The molecule has 0 spiro atoms. The summed E-state index contributed by atoms with van der Waals surface area (Å²) in [4.78, 5) is 15.5. The highest BCUT2D eigenvalue weighted by molar-refractivity contribution is 5.89. The Morgan fingerprint density at radius 1 is 1.26 bits per heavy atom. The third-order valence-corrected chi connectivity index (χ3v) is 4.57. The zero-order valence-electron chi connectivity index (χ0n) is 14.8. The molecule has 0 bridgehead atoms. The number of H-pyrrole nitrogens is 1. The SMILES string of the molecule is [NH3+][C@@H](Cc1c[nH]c2ccccc12)C(=O)N/N=C\C1=Cc2ccccc2OC1. The molecular formula is C21H21N4O2+. The molecule has 0 unspecified atom stereocenters. The Morgan fingerprint density at radius 2 is 2.07 bits per heavy atom. The molecule has 0 radical (unpaired) electrons. The maximum absolute atomic E-state index is 12.3. The van der Waals surface area contributed by atoms with Gasteiger partial charge in [-0.3, -0.25) is 4.79 Å². The van der Waals surface area contributed by atoms with E-state index in [1.54, 1.807) is 6.21 Å². The molecule has 1 aromatic heterocycles. The number of quaternary nitrogens is 1. The molecule has 3 aromatic rings. The van der Waals surface area contributed by atoms with Crippen LogP contribution in [0.2, 0.25) is 0 Å². The lowest BCUT2D eigenvalue weighted by Crippen LogP contribution is -2.68. The van der Waals surface area contributed by atoms with Crippen molar-refractivity contribution in [2.45, 2.75) is 12.5 Å². The van der Waals surface area contributed by atoms with E-state index in [-0.39, 0.29) is 5.91 Å². The first kappa shape index (κ1) is 17.1. The number of hydrazone groups is 1. The van der Waals surface area contributed by atoms with E-state index < -0.39 is 6.04 Å². The molecule has 6 nitrogen and oxygen atoms in total. The number of hydrogen-bond acceptors (Lipinski definition) is 3. The van der Waals surface area contributed by atoms with Crippen LogP contribution in [0.25, 0.3) is 17.0 Å². The predicted molar refractivity (Wildman–Crippen MR) is 105 cm³/mol. The van der Waals surface area contributed by atoms with Gasteiger partial charge in [-0.15, -0.1) is 0 Å². The summed E-state index contributed by atoms with van der Waals surface area (Å²) < 4.78 is 5.66. The highest BCUT2D eigenvalue weighted by Crippen LogP contribution is 2.24. The van der Waals surface area contributed by atoms with Crippen LogP contribution in [0, 0.1) is 0 Å². The van der Waals surface area contributed by atoms with Crippen LogP contribution >= 0.6 is 0 Å². The summed E-state index contributed by atoms with van der Waals surface area (Å²) >= 11 is 0. The summed E-state index contributed by atoms with van der Waals surface area (Å²) in [7, 11) is 0. The maximum atomic E-state index is 12.3. The van der Waals surface area contributed by atoms with Gasteiger partial charge in [0.15, 0.2) is 6.04 Å². The minimum absolute atomic E-state index is 0.214. The first-order chi connectivity index (χ1) is 13.2. The Kier molecular flexibility index (Phi) is 4.72. The second kappa shape index (κ2) is 7.47. The Morgan fingerprint density at radius 3 is 3.00 bits per heavy atom. The fourth-order valence-electron chi connectivity index (χ4n) is 3.14. The maximum Gasteiger partial charge on any atom is 0.298 e. The van der Waals surface area contributed by atoms with Crippen molar-refractivity contribution in [3.05, 3.63) is 71.4 Å². The fraction of sp³-hybridized carbons (Fsp3) is 0.143. The molecule has 0 saturated carbocycles. The zero-order chi connectivity index (χ0) is 18.6. The van der Waals surface area contributed by atoms with Gasteiger partial charge in [-0.05, 0) is 23.8 Å². The molecule has 5 N–H and O–H groups in total. The number of aromatic nitrogens is 1. The minimum Gasteiger partial charge on any atom is -0.488 e. The van der Waals surface area contributed by atoms with Gasteiger partial charge in [-0.1, -0.05) is 36.4 Å². The highest BCUT2D eigenvalue weighted by atomic mass is 16.5. The van der Waals surface area contributed by atoms with Crippen LogP contribution in [-0.4, -0.2) is 29.8 Å². The second-order valence-corrected chi connectivity index (χ2v) is 6.54. The number of rotatable bonds is 5. The van der Waals surface area contributed by atoms with Crippen molar-refractivity contribution in [1.82, 2.24) is 10.4 Å². The largest absolute Gasteiger partial charge is 0.488 e. The number of ether oxygens (including phenoxy) is 1. The molecule has 1 aliphatic rings. The van der Waals surface area contributed by atoms with E-state index in [1.165, 1.54) is 0 Å². The second-order valence-electron chi connectivity index (χ2n) is 6.54. The van der Waals surface area contributed by atoms with E-state index in [2.05, 4.69) is 21.2 Å². The number of fused-ring (bicyclic) bond motifs is 2. The Balaban J connectivity index is 1.36. The normalized spacial score (nSPS) is 14.5. The number of nitrogens with zero attached hydrogens (tertiary/aromatic N) is 1. The van der Waals surface area contributed by atoms with Crippen molar-refractivity contribution in [2.24, 2.45) is 5.10 Å². The number of amides is 1.